The van der Waals surface area contributed by atoms with Gasteiger partial charge in [-0.3, -0.25) is 0 Å². The summed E-state index contributed by atoms with van der Waals surface area (Å²) in [7, 11) is 0. The number of hydrogen-bond donors (Lipinski definition) is 1. The van der Waals surface area contributed by atoms with E-state index in [4.69, 9.17) is 9.84 Å². The zero-order valence-electron chi connectivity index (χ0n) is 12.1. The van der Waals surface area contributed by atoms with Crippen molar-refractivity contribution < 1.29 is 14.6 Å². The Morgan fingerprint density at radius 1 is 1.14 bits per heavy atom. The van der Waals surface area contributed by atoms with Crippen molar-refractivity contribution in [3.8, 4) is 17.0 Å². The third kappa shape index (κ3) is 2.63. The average molecular weight is 293 g/mol. The number of ether oxygens (including phenoxy) is 1. The molecular formula is C18H15NO3. The van der Waals surface area contributed by atoms with Crippen molar-refractivity contribution >= 4 is 16.9 Å². The number of carboxylic acids is 1. The summed E-state index contributed by atoms with van der Waals surface area (Å²) in [5, 5.41) is 9.96. The van der Waals surface area contributed by atoms with Crippen molar-refractivity contribution in [2.24, 2.45) is 0 Å². The molecule has 4 heteroatoms. The number of benzene rings is 2. The summed E-state index contributed by atoms with van der Waals surface area (Å²) in [6.45, 7) is 2.45. The zero-order chi connectivity index (χ0) is 15.5. The Balaban J connectivity index is 2.24. The summed E-state index contributed by atoms with van der Waals surface area (Å²) in [5.41, 5.74) is 2.56. The third-order valence-corrected chi connectivity index (χ3v) is 3.39. The number of pyridine rings is 1. The molecule has 0 spiro atoms. The van der Waals surface area contributed by atoms with E-state index in [2.05, 4.69) is 4.98 Å². The van der Waals surface area contributed by atoms with E-state index in [1.165, 1.54) is 0 Å². The van der Waals surface area contributed by atoms with Gasteiger partial charge in [-0.1, -0.05) is 30.3 Å². The van der Waals surface area contributed by atoms with Crippen LogP contribution in [0, 0.1) is 0 Å². The fourth-order valence-electron chi connectivity index (χ4n) is 2.36. The molecule has 22 heavy (non-hydrogen) atoms. The van der Waals surface area contributed by atoms with E-state index in [9.17, 15) is 4.79 Å². The number of hydrogen-bond acceptors (Lipinski definition) is 3. The van der Waals surface area contributed by atoms with E-state index < -0.39 is 5.97 Å². The molecule has 0 atom stereocenters. The molecule has 0 aliphatic heterocycles. The van der Waals surface area contributed by atoms with E-state index in [1.54, 1.807) is 18.2 Å². The summed E-state index contributed by atoms with van der Waals surface area (Å²) in [4.78, 5) is 15.7. The highest BCUT2D eigenvalue weighted by Gasteiger charge is 2.11. The summed E-state index contributed by atoms with van der Waals surface area (Å²) in [5.74, 6) is -0.255. The number of aromatic nitrogens is 1. The second-order valence-corrected chi connectivity index (χ2v) is 4.84. The highest BCUT2D eigenvalue weighted by atomic mass is 16.5. The van der Waals surface area contributed by atoms with Crippen LogP contribution in [0.25, 0.3) is 22.2 Å². The molecule has 0 bridgehead atoms. The minimum atomic E-state index is -0.966. The summed E-state index contributed by atoms with van der Waals surface area (Å²) < 4.78 is 5.69. The molecule has 3 rings (SSSR count). The van der Waals surface area contributed by atoms with Crippen molar-refractivity contribution in [3.63, 3.8) is 0 Å². The number of carboxylic acid groups (broad SMARTS) is 1. The number of carbonyl (C=O) groups is 1. The normalized spacial score (nSPS) is 10.6. The molecule has 0 saturated heterocycles. The Bertz CT molecular complexity index is 828. The Morgan fingerprint density at radius 2 is 1.91 bits per heavy atom. The van der Waals surface area contributed by atoms with Gasteiger partial charge in [-0.25, -0.2) is 9.78 Å². The Hall–Kier alpha value is -2.88. The van der Waals surface area contributed by atoms with E-state index in [0.29, 0.717) is 17.9 Å². The van der Waals surface area contributed by atoms with Crippen LogP contribution in [0.1, 0.15) is 17.3 Å². The second kappa shape index (κ2) is 5.85. The van der Waals surface area contributed by atoms with Crippen molar-refractivity contribution in [2.75, 3.05) is 6.61 Å². The molecule has 0 amide bonds. The molecule has 1 aromatic heterocycles. The Kier molecular flexibility index (Phi) is 3.74. The van der Waals surface area contributed by atoms with Crippen LogP contribution in [-0.2, 0) is 0 Å². The first-order valence-corrected chi connectivity index (χ1v) is 7.05. The lowest BCUT2D eigenvalue weighted by atomic mass is 10.1. The van der Waals surface area contributed by atoms with Crippen LogP contribution in [0.4, 0.5) is 0 Å². The average Bonchev–Trinajstić information content (AvgIpc) is 2.55. The lowest BCUT2D eigenvalue weighted by molar-refractivity contribution is 0.0697. The van der Waals surface area contributed by atoms with Crippen LogP contribution in [0.5, 0.6) is 5.75 Å². The fourth-order valence-corrected chi connectivity index (χ4v) is 2.36. The highest BCUT2D eigenvalue weighted by Crippen LogP contribution is 2.30. The van der Waals surface area contributed by atoms with Gasteiger partial charge >= 0.3 is 5.97 Å². The lowest BCUT2D eigenvalue weighted by Crippen LogP contribution is -1.99. The molecule has 0 fully saturated rings. The summed E-state index contributed by atoms with van der Waals surface area (Å²) in [6, 6.07) is 16.5. The number of nitrogens with zero attached hydrogens (tertiary/aromatic N) is 1. The molecule has 1 N–H and O–H groups in total. The van der Waals surface area contributed by atoms with Gasteiger partial charge < -0.3 is 9.84 Å². The predicted molar refractivity (Wildman–Crippen MR) is 85.3 cm³/mol. The van der Waals surface area contributed by atoms with Crippen molar-refractivity contribution in [1.82, 2.24) is 4.98 Å². The fraction of sp³-hybridized carbons (Fsp3) is 0.111. The first-order valence-electron chi connectivity index (χ1n) is 7.05. The molecule has 1 heterocycles. The lowest BCUT2D eigenvalue weighted by Gasteiger charge is -2.11. The molecule has 0 aliphatic carbocycles. The molecule has 4 nitrogen and oxygen atoms in total. The van der Waals surface area contributed by atoms with Gasteiger partial charge in [0.2, 0.25) is 0 Å². The first kappa shape index (κ1) is 14.1. The molecule has 0 saturated carbocycles. The minimum Gasteiger partial charge on any atom is -0.493 e. The van der Waals surface area contributed by atoms with E-state index >= 15 is 0 Å². The van der Waals surface area contributed by atoms with Crippen LogP contribution in [-0.4, -0.2) is 22.7 Å². The molecule has 0 radical (unpaired) electrons. The highest BCUT2D eigenvalue weighted by molar-refractivity contribution is 5.95. The zero-order valence-corrected chi connectivity index (χ0v) is 12.1. The molecular weight excluding hydrogens is 278 g/mol. The first-order chi connectivity index (χ1) is 10.7. The maximum Gasteiger partial charge on any atom is 0.335 e. The van der Waals surface area contributed by atoms with Gasteiger partial charge in [0.1, 0.15) is 5.75 Å². The molecule has 2 aromatic carbocycles. The van der Waals surface area contributed by atoms with E-state index in [0.717, 1.165) is 16.6 Å². The topological polar surface area (TPSA) is 59.4 Å². The monoisotopic (exact) mass is 293 g/mol. The molecule has 110 valence electrons. The van der Waals surface area contributed by atoms with Crippen LogP contribution in [0.2, 0.25) is 0 Å². The van der Waals surface area contributed by atoms with Gasteiger partial charge in [0, 0.05) is 17.0 Å². The van der Waals surface area contributed by atoms with E-state index in [-0.39, 0.29) is 5.56 Å². The van der Waals surface area contributed by atoms with Crippen LogP contribution in [0.3, 0.4) is 0 Å². The molecule has 3 aromatic rings. The quantitative estimate of drug-likeness (QED) is 0.790. The maximum absolute atomic E-state index is 11.2. The standard InChI is InChI=1S/C18H15NO3/c1-2-22-17-11-15(12-6-4-3-5-7-12)19-16-10-13(18(20)21)8-9-14(16)17/h3-11H,2H2,1H3,(H,20,21). The smallest absolute Gasteiger partial charge is 0.335 e. The van der Waals surface area contributed by atoms with Crippen molar-refractivity contribution in [1.29, 1.82) is 0 Å². The summed E-state index contributed by atoms with van der Waals surface area (Å²) >= 11 is 0. The SMILES string of the molecule is CCOc1cc(-c2ccccc2)nc2cc(C(=O)O)ccc12. The molecule has 0 aliphatic rings. The number of aromatic carboxylic acids is 1. The number of rotatable bonds is 4. The summed E-state index contributed by atoms with van der Waals surface area (Å²) in [6.07, 6.45) is 0. The van der Waals surface area contributed by atoms with Crippen molar-refractivity contribution in [3.05, 3.63) is 60.2 Å². The van der Waals surface area contributed by atoms with Gasteiger partial charge in [0.15, 0.2) is 0 Å². The van der Waals surface area contributed by atoms with Gasteiger partial charge in [-0.05, 0) is 25.1 Å². The number of fused-ring (bicyclic) bond motifs is 1. The second-order valence-electron chi connectivity index (χ2n) is 4.84. The van der Waals surface area contributed by atoms with Gasteiger partial charge in [-0.15, -0.1) is 0 Å². The third-order valence-electron chi connectivity index (χ3n) is 3.39. The van der Waals surface area contributed by atoms with Gasteiger partial charge in [0.25, 0.3) is 0 Å². The van der Waals surface area contributed by atoms with E-state index in [1.807, 2.05) is 43.3 Å². The minimum absolute atomic E-state index is 0.215. The van der Waals surface area contributed by atoms with Crippen LogP contribution in [0.15, 0.2) is 54.6 Å². The largest absolute Gasteiger partial charge is 0.493 e. The molecule has 0 unspecified atom stereocenters. The maximum atomic E-state index is 11.2. The van der Waals surface area contributed by atoms with Crippen molar-refractivity contribution in [2.45, 2.75) is 6.92 Å². The Morgan fingerprint density at radius 3 is 2.59 bits per heavy atom. The predicted octanol–water partition coefficient (Wildman–Crippen LogP) is 4.00. The Labute approximate surface area is 128 Å². The van der Waals surface area contributed by atoms with Gasteiger partial charge in [-0.2, -0.15) is 0 Å². The van der Waals surface area contributed by atoms with Crippen LogP contribution >= 0.6 is 0 Å². The van der Waals surface area contributed by atoms with Gasteiger partial charge in [0.05, 0.1) is 23.4 Å². The van der Waals surface area contributed by atoms with Crippen LogP contribution < -0.4 is 4.74 Å².